The van der Waals surface area contributed by atoms with Gasteiger partial charge in [0.05, 0.1) is 32.7 Å². The van der Waals surface area contributed by atoms with Crippen LogP contribution >= 0.6 is 0 Å². The van der Waals surface area contributed by atoms with E-state index in [0.717, 1.165) is 6.42 Å². The summed E-state index contributed by atoms with van der Waals surface area (Å²) < 4.78 is 14.9. The van der Waals surface area contributed by atoms with Crippen molar-refractivity contribution in [2.45, 2.75) is 59.4 Å². The van der Waals surface area contributed by atoms with Gasteiger partial charge in [-0.05, 0) is 27.2 Å². The Balaban J connectivity index is 4.95. The monoisotopic (exact) mass is 331 g/mol. The van der Waals surface area contributed by atoms with E-state index in [-0.39, 0.29) is 44.0 Å². The zero-order valence-corrected chi connectivity index (χ0v) is 14.6. The van der Waals surface area contributed by atoms with Crippen LogP contribution in [0.3, 0.4) is 0 Å². The molecule has 1 amide bonds. The van der Waals surface area contributed by atoms with Crippen LogP contribution in [0.2, 0.25) is 0 Å². The number of ether oxygens (including phenoxy) is 3. The molecule has 0 rings (SSSR count). The van der Waals surface area contributed by atoms with Gasteiger partial charge in [0.1, 0.15) is 0 Å². The zero-order valence-electron chi connectivity index (χ0n) is 14.6. The maximum absolute atomic E-state index is 12.2. The molecule has 1 atom stereocenters. The lowest BCUT2D eigenvalue weighted by Gasteiger charge is -2.30. The van der Waals surface area contributed by atoms with Crippen molar-refractivity contribution in [3.05, 3.63) is 0 Å². The van der Waals surface area contributed by atoms with Gasteiger partial charge in [-0.15, -0.1) is 0 Å². The lowest BCUT2D eigenvalue weighted by Crippen LogP contribution is -2.43. The summed E-state index contributed by atoms with van der Waals surface area (Å²) in [6, 6.07) is -0.354. The quantitative estimate of drug-likeness (QED) is 0.427. The van der Waals surface area contributed by atoms with Crippen LogP contribution in [0.15, 0.2) is 0 Å². The van der Waals surface area contributed by atoms with Crippen LogP contribution in [0.1, 0.15) is 53.4 Å². The number of carbonyl (C=O) groups excluding carboxylic acids is 3. The van der Waals surface area contributed by atoms with Crippen LogP contribution in [0.4, 0.5) is 4.79 Å². The molecule has 0 saturated heterocycles. The van der Waals surface area contributed by atoms with Crippen molar-refractivity contribution in [1.82, 2.24) is 4.90 Å². The van der Waals surface area contributed by atoms with E-state index in [9.17, 15) is 14.4 Å². The number of amides is 1. The Kier molecular flexibility index (Phi) is 11.7. The molecule has 0 fully saturated rings. The first-order valence-corrected chi connectivity index (χ1v) is 8.24. The Morgan fingerprint density at radius 3 is 1.96 bits per heavy atom. The fourth-order valence-corrected chi connectivity index (χ4v) is 2.19. The number of rotatable bonds is 11. The molecular weight excluding hydrogens is 302 g/mol. The van der Waals surface area contributed by atoms with Crippen LogP contribution in [0.25, 0.3) is 0 Å². The van der Waals surface area contributed by atoms with Gasteiger partial charge < -0.3 is 19.1 Å². The van der Waals surface area contributed by atoms with Crippen molar-refractivity contribution in [1.29, 1.82) is 0 Å². The Morgan fingerprint density at radius 2 is 1.43 bits per heavy atom. The summed E-state index contributed by atoms with van der Waals surface area (Å²) in [5, 5.41) is 0. The van der Waals surface area contributed by atoms with Crippen molar-refractivity contribution >= 4 is 18.0 Å². The zero-order chi connectivity index (χ0) is 17.7. The molecule has 0 aliphatic heterocycles. The fourth-order valence-electron chi connectivity index (χ4n) is 2.19. The van der Waals surface area contributed by atoms with Crippen LogP contribution < -0.4 is 0 Å². The Morgan fingerprint density at radius 1 is 0.870 bits per heavy atom. The summed E-state index contributed by atoms with van der Waals surface area (Å²) in [5.74, 6) is -0.746. The molecule has 0 aromatic heterocycles. The van der Waals surface area contributed by atoms with Gasteiger partial charge in [-0.25, -0.2) is 4.79 Å². The molecule has 0 heterocycles. The van der Waals surface area contributed by atoms with E-state index in [0.29, 0.717) is 19.6 Å². The minimum atomic E-state index is -0.528. The molecule has 0 aromatic carbocycles. The molecule has 0 N–H and O–H groups in total. The second-order valence-electron chi connectivity index (χ2n) is 4.90. The van der Waals surface area contributed by atoms with Crippen LogP contribution in [-0.4, -0.2) is 55.3 Å². The molecule has 0 aliphatic carbocycles. The number of carbonyl (C=O) groups is 3. The van der Waals surface area contributed by atoms with Crippen molar-refractivity contribution < 1.29 is 28.6 Å². The summed E-state index contributed by atoms with van der Waals surface area (Å²) in [5.41, 5.74) is 0. The van der Waals surface area contributed by atoms with Crippen LogP contribution in [-0.2, 0) is 23.8 Å². The van der Waals surface area contributed by atoms with Gasteiger partial charge in [-0.3, -0.25) is 9.59 Å². The molecule has 7 nitrogen and oxygen atoms in total. The number of nitrogens with zero attached hydrogens (tertiary/aromatic N) is 1. The third kappa shape index (κ3) is 9.05. The number of esters is 2. The van der Waals surface area contributed by atoms with Crippen molar-refractivity contribution in [2.75, 3.05) is 26.4 Å². The number of hydrogen-bond donors (Lipinski definition) is 0. The molecule has 23 heavy (non-hydrogen) atoms. The Labute approximate surface area is 138 Å². The summed E-state index contributed by atoms with van der Waals surface area (Å²) in [6.07, 6.45) is 1.04. The summed E-state index contributed by atoms with van der Waals surface area (Å²) >= 11 is 0. The molecule has 0 spiro atoms. The highest BCUT2D eigenvalue weighted by molar-refractivity contribution is 5.74. The van der Waals surface area contributed by atoms with E-state index in [1.165, 1.54) is 4.90 Å². The van der Waals surface area contributed by atoms with E-state index in [2.05, 4.69) is 0 Å². The van der Waals surface area contributed by atoms with Gasteiger partial charge in [-0.2, -0.15) is 0 Å². The highest BCUT2D eigenvalue weighted by Gasteiger charge is 2.27. The standard InChI is InChI=1S/C16H29NO6/c1-5-9-13(12-15(19)22-7-3)17(16(20)23-8-4)11-10-14(18)21-6-2/h13H,5-12H2,1-4H3/t13-/m0/s1. The van der Waals surface area contributed by atoms with Crippen LogP contribution in [0.5, 0.6) is 0 Å². The second-order valence-corrected chi connectivity index (χ2v) is 4.90. The summed E-state index contributed by atoms with van der Waals surface area (Å²) in [7, 11) is 0. The minimum absolute atomic E-state index is 0.0652. The molecule has 0 aromatic rings. The van der Waals surface area contributed by atoms with Crippen molar-refractivity contribution in [3.63, 3.8) is 0 Å². The minimum Gasteiger partial charge on any atom is -0.466 e. The molecule has 0 bridgehead atoms. The molecular formula is C16H29NO6. The Bertz CT molecular complexity index is 372. The first kappa shape index (κ1) is 21.2. The van der Waals surface area contributed by atoms with Crippen molar-refractivity contribution in [2.24, 2.45) is 0 Å². The second kappa shape index (κ2) is 12.7. The molecule has 7 heteroatoms. The average molecular weight is 331 g/mol. The van der Waals surface area contributed by atoms with Crippen LogP contribution in [0, 0.1) is 0 Å². The normalized spacial score (nSPS) is 11.5. The first-order chi connectivity index (χ1) is 11.0. The van der Waals surface area contributed by atoms with Gasteiger partial charge in [-0.1, -0.05) is 13.3 Å². The largest absolute Gasteiger partial charge is 0.466 e. The SMILES string of the molecule is CCC[C@@H](CC(=O)OCC)N(CCC(=O)OCC)C(=O)OCC. The molecule has 0 aliphatic rings. The predicted octanol–water partition coefficient (Wildman–Crippen LogP) is 2.52. The predicted molar refractivity (Wildman–Crippen MR) is 84.9 cm³/mol. The number of hydrogen-bond acceptors (Lipinski definition) is 6. The van der Waals surface area contributed by atoms with E-state index >= 15 is 0 Å². The topological polar surface area (TPSA) is 82.1 Å². The molecule has 134 valence electrons. The third-order valence-corrected chi connectivity index (χ3v) is 3.13. The smallest absolute Gasteiger partial charge is 0.410 e. The maximum Gasteiger partial charge on any atom is 0.410 e. The Hall–Kier alpha value is -1.79. The van der Waals surface area contributed by atoms with E-state index < -0.39 is 6.09 Å². The lowest BCUT2D eigenvalue weighted by molar-refractivity contribution is -0.144. The van der Waals surface area contributed by atoms with Gasteiger partial charge in [0.15, 0.2) is 0 Å². The maximum atomic E-state index is 12.2. The van der Waals surface area contributed by atoms with E-state index in [4.69, 9.17) is 14.2 Å². The van der Waals surface area contributed by atoms with Gasteiger partial charge in [0, 0.05) is 12.6 Å². The highest BCUT2D eigenvalue weighted by atomic mass is 16.6. The highest BCUT2D eigenvalue weighted by Crippen LogP contribution is 2.15. The van der Waals surface area contributed by atoms with Gasteiger partial charge in [0.2, 0.25) is 0 Å². The molecule has 0 radical (unpaired) electrons. The summed E-state index contributed by atoms with van der Waals surface area (Å²) in [4.78, 5) is 36.9. The first-order valence-electron chi connectivity index (χ1n) is 8.24. The third-order valence-electron chi connectivity index (χ3n) is 3.13. The average Bonchev–Trinajstić information content (AvgIpc) is 2.48. The lowest BCUT2D eigenvalue weighted by atomic mass is 10.1. The molecule has 0 saturated carbocycles. The van der Waals surface area contributed by atoms with E-state index in [1.807, 2.05) is 6.92 Å². The summed E-state index contributed by atoms with van der Waals surface area (Å²) in [6.45, 7) is 8.10. The van der Waals surface area contributed by atoms with Gasteiger partial charge >= 0.3 is 18.0 Å². The fraction of sp³-hybridized carbons (Fsp3) is 0.812. The molecule has 0 unspecified atom stereocenters. The van der Waals surface area contributed by atoms with Crippen molar-refractivity contribution in [3.8, 4) is 0 Å². The van der Waals surface area contributed by atoms with E-state index in [1.54, 1.807) is 20.8 Å². The van der Waals surface area contributed by atoms with Gasteiger partial charge in [0.25, 0.3) is 0 Å².